The molecule has 0 bridgehead atoms. The van der Waals surface area contributed by atoms with E-state index in [0.29, 0.717) is 5.56 Å². The summed E-state index contributed by atoms with van der Waals surface area (Å²) in [5.74, 6) is -2.11. The van der Waals surface area contributed by atoms with E-state index in [9.17, 15) is 13.2 Å². The number of hydrogen-bond donors (Lipinski definition) is 1. The quantitative estimate of drug-likeness (QED) is 0.900. The Balaban J connectivity index is 2.25. The maximum absolute atomic E-state index is 13.6. The summed E-state index contributed by atoms with van der Waals surface area (Å²) in [5.41, 5.74) is 7.63. The fourth-order valence-corrected chi connectivity index (χ4v) is 2.11. The van der Waals surface area contributed by atoms with Crippen LogP contribution in [-0.2, 0) is 6.42 Å². The molecule has 0 amide bonds. The van der Waals surface area contributed by atoms with Gasteiger partial charge in [0, 0.05) is 6.04 Å². The Morgan fingerprint density at radius 2 is 1.84 bits per heavy atom. The molecule has 2 N–H and O–H groups in total. The molecule has 0 aliphatic rings. The fraction of sp³-hybridized carbons (Fsp3) is 0.200. The van der Waals surface area contributed by atoms with E-state index >= 15 is 0 Å². The largest absolute Gasteiger partial charge is 0.324 e. The van der Waals surface area contributed by atoms with Gasteiger partial charge in [0.15, 0.2) is 11.6 Å². The number of halogens is 3. The molecule has 1 unspecified atom stereocenters. The summed E-state index contributed by atoms with van der Waals surface area (Å²) in [5, 5.41) is 0. The maximum atomic E-state index is 13.6. The molecule has 1 atom stereocenters. The average molecular weight is 265 g/mol. The normalized spacial score (nSPS) is 12.5. The van der Waals surface area contributed by atoms with Crippen LogP contribution in [0.3, 0.4) is 0 Å². The van der Waals surface area contributed by atoms with Gasteiger partial charge in [0.25, 0.3) is 0 Å². The van der Waals surface area contributed by atoms with Crippen LogP contribution in [0.4, 0.5) is 13.2 Å². The summed E-state index contributed by atoms with van der Waals surface area (Å²) in [6.45, 7) is 1.74. The molecule has 0 fully saturated rings. The van der Waals surface area contributed by atoms with Crippen molar-refractivity contribution in [3.8, 4) is 0 Å². The molecule has 0 saturated carbocycles. The number of rotatable bonds is 3. The van der Waals surface area contributed by atoms with Crippen molar-refractivity contribution in [1.82, 2.24) is 0 Å². The molecule has 100 valence electrons. The predicted molar refractivity (Wildman–Crippen MR) is 68.1 cm³/mol. The average Bonchev–Trinajstić information content (AvgIpc) is 2.34. The van der Waals surface area contributed by atoms with Crippen LogP contribution in [-0.4, -0.2) is 0 Å². The molecule has 0 spiro atoms. The Labute approximate surface area is 109 Å². The lowest BCUT2D eigenvalue weighted by Crippen LogP contribution is -2.16. The highest BCUT2D eigenvalue weighted by molar-refractivity contribution is 5.31. The van der Waals surface area contributed by atoms with Gasteiger partial charge >= 0.3 is 0 Å². The summed E-state index contributed by atoms with van der Waals surface area (Å²) in [7, 11) is 0. The third-order valence-electron chi connectivity index (χ3n) is 3.10. The third kappa shape index (κ3) is 2.96. The van der Waals surface area contributed by atoms with E-state index in [1.165, 1.54) is 24.3 Å². The van der Waals surface area contributed by atoms with Crippen molar-refractivity contribution in [3.05, 3.63) is 70.5 Å². The van der Waals surface area contributed by atoms with Crippen LogP contribution in [0.1, 0.15) is 22.7 Å². The highest BCUT2D eigenvalue weighted by atomic mass is 19.2. The molecular weight excluding hydrogens is 251 g/mol. The van der Waals surface area contributed by atoms with Gasteiger partial charge in [-0.2, -0.15) is 0 Å². The molecule has 0 aliphatic heterocycles. The van der Waals surface area contributed by atoms with Gasteiger partial charge in [-0.25, -0.2) is 13.2 Å². The summed E-state index contributed by atoms with van der Waals surface area (Å²) in [6.07, 6.45) is 0.163. The van der Waals surface area contributed by atoms with Crippen molar-refractivity contribution in [1.29, 1.82) is 0 Å². The smallest absolute Gasteiger partial charge is 0.162 e. The van der Waals surface area contributed by atoms with Gasteiger partial charge < -0.3 is 5.73 Å². The third-order valence-corrected chi connectivity index (χ3v) is 3.10. The van der Waals surface area contributed by atoms with Crippen LogP contribution in [0, 0.1) is 24.4 Å². The van der Waals surface area contributed by atoms with Gasteiger partial charge in [-0.15, -0.1) is 0 Å². The lowest BCUT2D eigenvalue weighted by Gasteiger charge is -2.15. The highest BCUT2D eigenvalue weighted by Gasteiger charge is 2.14. The van der Waals surface area contributed by atoms with Crippen LogP contribution in [0.2, 0.25) is 0 Å². The molecule has 2 aromatic rings. The van der Waals surface area contributed by atoms with Crippen LogP contribution < -0.4 is 5.73 Å². The van der Waals surface area contributed by atoms with Crippen molar-refractivity contribution < 1.29 is 13.2 Å². The second kappa shape index (κ2) is 5.45. The molecule has 0 heterocycles. The zero-order valence-electron chi connectivity index (χ0n) is 10.5. The Hall–Kier alpha value is -1.81. The second-order valence-electron chi connectivity index (χ2n) is 4.52. The predicted octanol–water partition coefficient (Wildman–Crippen LogP) is 3.65. The number of aryl methyl sites for hydroxylation is 1. The van der Waals surface area contributed by atoms with E-state index < -0.39 is 17.7 Å². The molecule has 2 aromatic carbocycles. The molecule has 0 aliphatic carbocycles. The number of nitrogens with two attached hydrogens (primary N) is 1. The molecule has 4 heteroatoms. The first-order valence-electron chi connectivity index (χ1n) is 5.93. The minimum atomic E-state index is -0.888. The highest BCUT2D eigenvalue weighted by Crippen LogP contribution is 2.22. The van der Waals surface area contributed by atoms with E-state index in [-0.39, 0.29) is 17.8 Å². The Kier molecular flexibility index (Phi) is 3.90. The lowest BCUT2D eigenvalue weighted by atomic mass is 9.96. The van der Waals surface area contributed by atoms with Crippen LogP contribution in [0.25, 0.3) is 0 Å². The zero-order valence-corrected chi connectivity index (χ0v) is 10.5. The van der Waals surface area contributed by atoms with Crippen molar-refractivity contribution >= 4 is 0 Å². The van der Waals surface area contributed by atoms with E-state index in [1.54, 1.807) is 13.0 Å². The van der Waals surface area contributed by atoms with Crippen molar-refractivity contribution in [2.24, 2.45) is 5.73 Å². The Bertz CT molecular complexity index is 596. The minimum Gasteiger partial charge on any atom is -0.324 e. The van der Waals surface area contributed by atoms with Crippen LogP contribution in [0.15, 0.2) is 36.4 Å². The van der Waals surface area contributed by atoms with Gasteiger partial charge in [0.05, 0.1) is 0 Å². The standard InChI is InChI=1S/C15H14F3N/c1-9-7-11(16)5-6-12(9)14(19)8-10-3-2-4-13(17)15(10)18/h2-7,14H,8,19H2,1H3. The van der Waals surface area contributed by atoms with Crippen LogP contribution in [0.5, 0.6) is 0 Å². The minimum absolute atomic E-state index is 0.163. The van der Waals surface area contributed by atoms with E-state index in [4.69, 9.17) is 5.73 Å². The van der Waals surface area contributed by atoms with Gasteiger partial charge in [-0.1, -0.05) is 18.2 Å². The Morgan fingerprint density at radius 1 is 1.11 bits per heavy atom. The first-order valence-corrected chi connectivity index (χ1v) is 5.93. The van der Waals surface area contributed by atoms with Crippen LogP contribution >= 0.6 is 0 Å². The molecule has 0 aromatic heterocycles. The van der Waals surface area contributed by atoms with Gasteiger partial charge in [-0.05, 0) is 48.2 Å². The van der Waals surface area contributed by atoms with E-state index in [0.717, 1.165) is 11.6 Å². The van der Waals surface area contributed by atoms with Crippen molar-refractivity contribution in [2.75, 3.05) is 0 Å². The van der Waals surface area contributed by atoms with E-state index in [2.05, 4.69) is 0 Å². The topological polar surface area (TPSA) is 26.0 Å². The number of hydrogen-bond acceptors (Lipinski definition) is 1. The maximum Gasteiger partial charge on any atom is 0.162 e. The van der Waals surface area contributed by atoms with Crippen molar-refractivity contribution in [2.45, 2.75) is 19.4 Å². The van der Waals surface area contributed by atoms with Gasteiger partial charge in [-0.3, -0.25) is 0 Å². The fourth-order valence-electron chi connectivity index (χ4n) is 2.11. The molecule has 19 heavy (non-hydrogen) atoms. The summed E-state index contributed by atoms with van der Waals surface area (Å²) in [6, 6.07) is 7.76. The van der Waals surface area contributed by atoms with Crippen molar-refractivity contribution in [3.63, 3.8) is 0 Å². The Morgan fingerprint density at radius 3 is 2.53 bits per heavy atom. The lowest BCUT2D eigenvalue weighted by molar-refractivity contribution is 0.494. The molecule has 0 saturated heterocycles. The first-order chi connectivity index (χ1) is 8.99. The summed E-state index contributed by atoms with van der Waals surface area (Å²) in [4.78, 5) is 0. The molecular formula is C15H14F3N. The molecule has 1 nitrogen and oxygen atoms in total. The summed E-state index contributed by atoms with van der Waals surface area (Å²) < 4.78 is 39.7. The number of benzene rings is 2. The zero-order chi connectivity index (χ0) is 14.0. The SMILES string of the molecule is Cc1cc(F)ccc1C(N)Cc1cccc(F)c1F. The van der Waals surface area contributed by atoms with Gasteiger partial charge in [0.2, 0.25) is 0 Å². The monoisotopic (exact) mass is 265 g/mol. The van der Waals surface area contributed by atoms with E-state index in [1.807, 2.05) is 0 Å². The molecule has 0 radical (unpaired) electrons. The van der Waals surface area contributed by atoms with Gasteiger partial charge in [0.1, 0.15) is 5.82 Å². The molecule has 2 rings (SSSR count). The summed E-state index contributed by atoms with van der Waals surface area (Å²) >= 11 is 0. The second-order valence-corrected chi connectivity index (χ2v) is 4.52. The first kappa shape index (κ1) is 13.6.